The summed E-state index contributed by atoms with van der Waals surface area (Å²) in [6.45, 7) is 16.1. The lowest BCUT2D eigenvalue weighted by Gasteiger charge is -2.29. The van der Waals surface area contributed by atoms with Crippen LogP contribution < -0.4 is 9.75 Å². The fourth-order valence-corrected chi connectivity index (χ4v) is 7.13. The topological polar surface area (TPSA) is 17.0 Å². The second-order valence-corrected chi connectivity index (χ2v) is 15.8. The molecule has 0 atom stereocenters. The van der Waals surface area contributed by atoms with E-state index in [9.17, 15) is 4.39 Å². The molecule has 34 heavy (non-hydrogen) atoms. The number of benzene rings is 3. The summed E-state index contributed by atoms with van der Waals surface area (Å²) >= 11 is 0. The highest BCUT2D eigenvalue weighted by molar-refractivity contribution is 6.92. The normalized spacial score (nSPS) is 12.5. The summed E-state index contributed by atoms with van der Waals surface area (Å²) in [6, 6.07) is 16.2. The molecule has 174 valence electrons. The van der Waals surface area contributed by atoms with E-state index < -0.39 is 8.07 Å². The Morgan fingerprint density at radius 3 is 2.32 bits per heavy atom. The van der Waals surface area contributed by atoms with E-state index in [1.165, 1.54) is 44.9 Å². The Balaban J connectivity index is 1.96. The average Bonchev–Trinajstić information content (AvgIpc) is 3.11. The molecule has 5 rings (SSSR count). The van der Waals surface area contributed by atoms with Crippen molar-refractivity contribution in [2.75, 3.05) is 0 Å². The minimum atomic E-state index is -1.76. The molecule has 0 radical (unpaired) electrons. The summed E-state index contributed by atoms with van der Waals surface area (Å²) in [4.78, 5) is 0. The maximum absolute atomic E-state index is 14.0. The van der Waals surface area contributed by atoms with Gasteiger partial charge >= 0.3 is 0 Å². The molecule has 0 N–H and O–H groups in total. The molecule has 5 aromatic rings. The summed E-state index contributed by atoms with van der Waals surface area (Å²) in [6.07, 6.45) is 0. The molecule has 0 saturated carbocycles. The maximum atomic E-state index is 14.0. The monoisotopic (exact) mass is 470 g/mol. The van der Waals surface area contributed by atoms with Gasteiger partial charge in [-0.15, -0.1) is 0 Å². The predicted octanol–water partition coefficient (Wildman–Crippen LogP) is 7.62. The molecular weight excluding hydrogens is 437 g/mol. The van der Waals surface area contributed by atoms with E-state index >= 15 is 0 Å². The molecule has 0 aliphatic carbocycles. The Labute approximate surface area is 202 Å². The molecule has 2 aromatic heterocycles. The zero-order chi connectivity index (χ0) is 24.5. The van der Waals surface area contributed by atoms with Crippen LogP contribution in [-0.4, -0.2) is 8.07 Å². The van der Waals surface area contributed by atoms with Crippen molar-refractivity contribution in [2.24, 2.45) is 7.05 Å². The van der Waals surface area contributed by atoms with E-state index in [4.69, 9.17) is 4.42 Å². The minimum Gasteiger partial charge on any atom is -0.455 e. The Morgan fingerprint density at radius 1 is 0.882 bits per heavy atom. The number of pyridine rings is 1. The van der Waals surface area contributed by atoms with Crippen molar-refractivity contribution in [2.45, 2.75) is 53.3 Å². The molecule has 4 heteroatoms. The molecular formula is C30H33FNOSi+. The van der Waals surface area contributed by atoms with Crippen LogP contribution in [0.1, 0.15) is 30.5 Å². The zero-order valence-corrected chi connectivity index (χ0v) is 22.4. The van der Waals surface area contributed by atoms with Crippen molar-refractivity contribution >= 4 is 46.1 Å². The molecule has 0 aliphatic rings. The van der Waals surface area contributed by atoms with Gasteiger partial charge in [-0.05, 0) is 66.9 Å². The quantitative estimate of drug-likeness (QED) is 0.196. The lowest BCUT2D eigenvalue weighted by Crippen LogP contribution is -2.47. The lowest BCUT2D eigenvalue weighted by atomic mass is 9.95. The molecule has 0 unspecified atom stereocenters. The predicted molar refractivity (Wildman–Crippen MR) is 144 cm³/mol. The highest BCUT2D eigenvalue weighted by Crippen LogP contribution is 2.39. The van der Waals surface area contributed by atoms with Gasteiger partial charge in [0, 0.05) is 34.4 Å². The molecule has 0 aliphatic heterocycles. The van der Waals surface area contributed by atoms with Gasteiger partial charge in [-0.1, -0.05) is 38.6 Å². The first-order valence-electron chi connectivity index (χ1n) is 12.1. The third kappa shape index (κ3) is 3.30. The van der Waals surface area contributed by atoms with Crippen LogP contribution in [-0.2, 0) is 7.05 Å². The van der Waals surface area contributed by atoms with E-state index in [1.807, 2.05) is 6.07 Å². The maximum Gasteiger partial charge on any atom is 0.216 e. The third-order valence-corrected chi connectivity index (χ3v) is 12.8. The number of rotatable bonds is 3. The molecule has 0 spiro atoms. The van der Waals surface area contributed by atoms with Gasteiger partial charge in [-0.2, -0.15) is 4.57 Å². The van der Waals surface area contributed by atoms with Crippen LogP contribution >= 0.6 is 0 Å². The summed E-state index contributed by atoms with van der Waals surface area (Å²) < 4.78 is 22.7. The van der Waals surface area contributed by atoms with Gasteiger partial charge in [0.05, 0.1) is 13.6 Å². The Bertz CT molecular complexity index is 1610. The largest absolute Gasteiger partial charge is 0.455 e. The van der Waals surface area contributed by atoms with Gasteiger partial charge in [0.25, 0.3) is 0 Å². The molecule has 2 heterocycles. The van der Waals surface area contributed by atoms with Crippen LogP contribution in [0.5, 0.6) is 0 Å². The van der Waals surface area contributed by atoms with Crippen molar-refractivity contribution in [1.82, 2.24) is 0 Å². The Kier molecular flexibility index (Phi) is 5.21. The number of aryl methyl sites for hydroxylation is 3. The first kappa shape index (κ1) is 22.8. The standard InChI is InChI=1S/C30H33FNOSi/c1-17(2)34(7,8)28-16-26(32(6)25-12-9-18(3)13-24(25)28)29-20(5)19(4)14-23-22-11-10-21(31)15-27(22)33-30(23)29/h9-17H,1-8H3/q+1. The molecule has 0 fully saturated rings. The molecule has 2 nitrogen and oxygen atoms in total. The molecule has 3 aromatic carbocycles. The van der Waals surface area contributed by atoms with Gasteiger partial charge in [0.2, 0.25) is 11.2 Å². The highest BCUT2D eigenvalue weighted by atomic mass is 28.3. The minimum absolute atomic E-state index is 0.278. The van der Waals surface area contributed by atoms with Crippen molar-refractivity contribution in [3.05, 3.63) is 71.0 Å². The zero-order valence-electron chi connectivity index (χ0n) is 21.4. The van der Waals surface area contributed by atoms with Crippen molar-refractivity contribution < 1.29 is 13.4 Å². The first-order chi connectivity index (χ1) is 16.0. The van der Waals surface area contributed by atoms with Crippen molar-refractivity contribution in [3.63, 3.8) is 0 Å². The second kappa shape index (κ2) is 7.77. The third-order valence-electron chi connectivity index (χ3n) is 8.08. The fourth-order valence-electron chi connectivity index (χ4n) is 5.10. The summed E-state index contributed by atoms with van der Waals surface area (Å²) in [5, 5.41) is 4.83. The number of furan rings is 1. The van der Waals surface area contributed by atoms with Crippen LogP contribution in [0.15, 0.2) is 52.9 Å². The fraction of sp³-hybridized carbons (Fsp3) is 0.300. The number of aromatic nitrogens is 1. The number of halogens is 1. The number of hydrogen-bond donors (Lipinski definition) is 0. The van der Waals surface area contributed by atoms with Crippen molar-refractivity contribution in [3.8, 4) is 11.3 Å². The molecule has 0 bridgehead atoms. The van der Waals surface area contributed by atoms with Gasteiger partial charge < -0.3 is 4.42 Å². The van der Waals surface area contributed by atoms with E-state index in [0.29, 0.717) is 11.1 Å². The van der Waals surface area contributed by atoms with E-state index in [2.05, 4.69) is 89.7 Å². The molecule has 0 saturated heterocycles. The highest BCUT2D eigenvalue weighted by Gasteiger charge is 2.34. The number of fused-ring (bicyclic) bond motifs is 4. The SMILES string of the molecule is Cc1ccc2c(c1)c([Si](C)(C)C(C)C)cc(-c1c(C)c(C)cc3c1oc1cc(F)ccc13)[n+]2C. The van der Waals surface area contributed by atoms with E-state index in [0.717, 1.165) is 27.6 Å². The lowest BCUT2D eigenvalue weighted by molar-refractivity contribution is -0.633. The van der Waals surface area contributed by atoms with Gasteiger partial charge in [-0.3, -0.25) is 0 Å². The Morgan fingerprint density at radius 2 is 1.62 bits per heavy atom. The van der Waals surface area contributed by atoms with Crippen LogP contribution in [0.2, 0.25) is 18.6 Å². The average molecular weight is 471 g/mol. The summed E-state index contributed by atoms with van der Waals surface area (Å²) in [5.41, 5.74) is 9.20. The number of hydrogen-bond acceptors (Lipinski definition) is 1. The second-order valence-electron chi connectivity index (χ2n) is 10.7. The smallest absolute Gasteiger partial charge is 0.216 e. The van der Waals surface area contributed by atoms with Crippen LogP contribution in [0.3, 0.4) is 0 Å². The number of nitrogens with zero attached hydrogens (tertiary/aromatic N) is 1. The van der Waals surface area contributed by atoms with E-state index in [1.54, 1.807) is 0 Å². The van der Waals surface area contributed by atoms with Crippen molar-refractivity contribution in [1.29, 1.82) is 0 Å². The first-order valence-corrected chi connectivity index (χ1v) is 15.1. The summed E-state index contributed by atoms with van der Waals surface area (Å²) in [5.74, 6) is -0.278. The Hall–Kier alpha value is -2.98. The van der Waals surface area contributed by atoms with E-state index in [-0.39, 0.29) is 5.82 Å². The van der Waals surface area contributed by atoms with Gasteiger partial charge in [0.1, 0.15) is 24.0 Å². The van der Waals surface area contributed by atoms with Crippen LogP contribution in [0.25, 0.3) is 44.1 Å². The van der Waals surface area contributed by atoms with Crippen LogP contribution in [0, 0.1) is 26.6 Å². The van der Waals surface area contributed by atoms with Crippen LogP contribution in [0.4, 0.5) is 4.39 Å². The molecule has 0 amide bonds. The van der Waals surface area contributed by atoms with Gasteiger partial charge in [0.15, 0.2) is 0 Å². The van der Waals surface area contributed by atoms with Gasteiger partial charge in [-0.25, -0.2) is 4.39 Å². The summed E-state index contributed by atoms with van der Waals surface area (Å²) in [7, 11) is 0.387.